The van der Waals surface area contributed by atoms with Gasteiger partial charge < -0.3 is 15.1 Å². The smallest absolute Gasteiger partial charge is 0.234 e. The molecule has 1 N–H and O–H groups in total. The highest BCUT2D eigenvalue weighted by molar-refractivity contribution is 5.89. The van der Waals surface area contributed by atoms with E-state index in [1.54, 1.807) is 0 Å². The Labute approximate surface area is 171 Å². The molecule has 2 fully saturated rings. The lowest BCUT2D eigenvalue weighted by Gasteiger charge is -2.33. The Morgan fingerprint density at radius 2 is 1.93 bits per heavy atom. The van der Waals surface area contributed by atoms with Crippen molar-refractivity contribution < 1.29 is 14.4 Å². The lowest BCUT2D eigenvalue weighted by Crippen LogP contribution is -2.44. The van der Waals surface area contributed by atoms with Gasteiger partial charge in [-0.25, -0.2) is 0 Å². The number of rotatable bonds is 6. The molecule has 2 aliphatic heterocycles. The van der Waals surface area contributed by atoms with E-state index in [2.05, 4.69) is 5.32 Å². The fourth-order valence-corrected chi connectivity index (χ4v) is 4.19. The van der Waals surface area contributed by atoms with Gasteiger partial charge in [-0.05, 0) is 31.2 Å². The molecule has 0 aliphatic carbocycles. The molecule has 0 radical (unpaired) electrons. The average Bonchev–Trinajstić information content (AvgIpc) is 3.14. The molecule has 3 rings (SSSR count). The van der Waals surface area contributed by atoms with Crippen molar-refractivity contribution in [1.82, 2.24) is 15.1 Å². The number of piperidine rings is 1. The summed E-state index contributed by atoms with van der Waals surface area (Å²) < 4.78 is 0. The van der Waals surface area contributed by atoms with Crippen LogP contribution in [0, 0.1) is 23.2 Å². The van der Waals surface area contributed by atoms with Crippen molar-refractivity contribution in [1.29, 1.82) is 5.26 Å². The van der Waals surface area contributed by atoms with Crippen molar-refractivity contribution in [2.75, 3.05) is 26.2 Å². The van der Waals surface area contributed by atoms with E-state index in [9.17, 15) is 14.4 Å². The fourth-order valence-electron chi connectivity index (χ4n) is 4.19. The maximum atomic E-state index is 12.9. The van der Waals surface area contributed by atoms with Crippen molar-refractivity contribution in [3.8, 4) is 6.07 Å². The summed E-state index contributed by atoms with van der Waals surface area (Å²) in [5, 5.41) is 11.3. The van der Waals surface area contributed by atoms with Crippen LogP contribution in [0.2, 0.25) is 0 Å². The van der Waals surface area contributed by atoms with Gasteiger partial charge in [0.15, 0.2) is 0 Å². The number of hydrogen-bond donors (Lipinski definition) is 1. The van der Waals surface area contributed by atoms with Gasteiger partial charge in [0.25, 0.3) is 0 Å². The molecule has 0 saturated carbocycles. The van der Waals surface area contributed by atoms with Gasteiger partial charge in [0.2, 0.25) is 17.7 Å². The van der Waals surface area contributed by atoms with Crippen molar-refractivity contribution in [2.24, 2.45) is 11.8 Å². The second-order valence-electron chi connectivity index (χ2n) is 7.94. The van der Waals surface area contributed by atoms with Crippen LogP contribution in [0.1, 0.15) is 44.2 Å². The molecule has 154 valence electrons. The van der Waals surface area contributed by atoms with Crippen LogP contribution in [0.15, 0.2) is 30.3 Å². The maximum absolute atomic E-state index is 12.9. The predicted molar refractivity (Wildman–Crippen MR) is 107 cm³/mol. The predicted octanol–water partition coefficient (Wildman–Crippen LogP) is 1.86. The van der Waals surface area contributed by atoms with Gasteiger partial charge in [-0.15, -0.1) is 0 Å². The number of hydrogen-bond acceptors (Lipinski definition) is 4. The second kappa shape index (κ2) is 9.55. The van der Waals surface area contributed by atoms with Crippen LogP contribution in [-0.2, 0) is 14.4 Å². The van der Waals surface area contributed by atoms with E-state index in [0.717, 1.165) is 18.4 Å². The molecule has 7 heteroatoms. The second-order valence-corrected chi connectivity index (χ2v) is 7.94. The summed E-state index contributed by atoms with van der Waals surface area (Å²) in [5.41, 5.74) is 1.08. The number of nitriles is 1. The lowest BCUT2D eigenvalue weighted by molar-refractivity contribution is -0.137. The van der Waals surface area contributed by atoms with Gasteiger partial charge in [0.1, 0.15) is 6.42 Å². The van der Waals surface area contributed by atoms with Crippen LogP contribution >= 0.6 is 0 Å². The molecule has 0 aromatic heterocycles. The Morgan fingerprint density at radius 3 is 2.59 bits per heavy atom. The third-order valence-corrected chi connectivity index (χ3v) is 6.01. The Bertz CT molecular complexity index is 781. The summed E-state index contributed by atoms with van der Waals surface area (Å²) in [7, 11) is 0. The molecule has 0 bridgehead atoms. The number of amides is 3. The van der Waals surface area contributed by atoms with Crippen LogP contribution in [0.5, 0.6) is 0 Å². The van der Waals surface area contributed by atoms with Crippen LogP contribution in [0.3, 0.4) is 0 Å². The van der Waals surface area contributed by atoms with Crippen LogP contribution in [0.4, 0.5) is 0 Å². The summed E-state index contributed by atoms with van der Waals surface area (Å²) in [5.74, 6) is -0.104. The van der Waals surface area contributed by atoms with Gasteiger partial charge >= 0.3 is 0 Å². The largest absolute Gasteiger partial charge is 0.355 e. The first-order valence-corrected chi connectivity index (χ1v) is 10.3. The Kier molecular flexibility index (Phi) is 6.86. The van der Waals surface area contributed by atoms with E-state index in [1.165, 1.54) is 0 Å². The van der Waals surface area contributed by atoms with E-state index in [-0.39, 0.29) is 42.5 Å². The van der Waals surface area contributed by atoms with Gasteiger partial charge in [-0.3, -0.25) is 14.4 Å². The van der Waals surface area contributed by atoms with Gasteiger partial charge in [0.05, 0.1) is 18.0 Å². The standard InChI is InChI=1S/C22H28N4O3/c1-16(18-5-3-2-4-6-18)26-15-19(13-21(26)28)22(29)25-11-8-17(9-12-25)14-24-20(27)7-10-23/h2-6,16-17,19H,7-9,11-15H2,1H3,(H,24,27). The Morgan fingerprint density at radius 1 is 1.24 bits per heavy atom. The lowest BCUT2D eigenvalue weighted by atomic mass is 9.95. The van der Waals surface area contributed by atoms with E-state index in [1.807, 2.05) is 53.1 Å². The highest BCUT2D eigenvalue weighted by Crippen LogP contribution is 2.30. The third kappa shape index (κ3) is 5.14. The molecule has 1 aromatic rings. The minimum absolute atomic E-state index is 0.0368. The number of likely N-dealkylation sites (tertiary alicyclic amines) is 2. The Hall–Kier alpha value is -2.88. The highest BCUT2D eigenvalue weighted by atomic mass is 16.2. The molecule has 2 heterocycles. The SMILES string of the molecule is CC(c1ccccc1)N1CC(C(=O)N2CCC(CNC(=O)CC#N)CC2)CC1=O. The first-order chi connectivity index (χ1) is 14.0. The molecule has 0 spiro atoms. The third-order valence-electron chi connectivity index (χ3n) is 6.01. The molecule has 29 heavy (non-hydrogen) atoms. The minimum Gasteiger partial charge on any atom is -0.355 e. The van der Waals surface area contributed by atoms with Gasteiger partial charge in [0, 0.05) is 32.6 Å². The summed E-state index contributed by atoms with van der Waals surface area (Å²) in [6.45, 7) is 4.32. The summed E-state index contributed by atoms with van der Waals surface area (Å²) in [6, 6.07) is 11.7. The summed E-state index contributed by atoms with van der Waals surface area (Å²) in [4.78, 5) is 40.6. The maximum Gasteiger partial charge on any atom is 0.234 e. The molecule has 2 unspecified atom stereocenters. The van der Waals surface area contributed by atoms with E-state index in [4.69, 9.17) is 5.26 Å². The topological polar surface area (TPSA) is 93.5 Å². The van der Waals surface area contributed by atoms with Crippen molar-refractivity contribution in [3.05, 3.63) is 35.9 Å². The molecular formula is C22H28N4O3. The highest BCUT2D eigenvalue weighted by Gasteiger charge is 2.39. The average molecular weight is 396 g/mol. The Balaban J connectivity index is 1.49. The number of benzene rings is 1. The minimum atomic E-state index is -0.277. The molecule has 3 amide bonds. The van der Waals surface area contributed by atoms with E-state index < -0.39 is 0 Å². The molecule has 7 nitrogen and oxygen atoms in total. The van der Waals surface area contributed by atoms with E-state index in [0.29, 0.717) is 32.1 Å². The number of nitrogens with one attached hydrogen (secondary N) is 1. The number of nitrogens with zero attached hydrogens (tertiary/aromatic N) is 3. The molecule has 1 aromatic carbocycles. The zero-order valence-corrected chi connectivity index (χ0v) is 16.8. The summed E-state index contributed by atoms with van der Waals surface area (Å²) >= 11 is 0. The quantitative estimate of drug-likeness (QED) is 0.794. The first kappa shape index (κ1) is 20.8. The first-order valence-electron chi connectivity index (χ1n) is 10.3. The zero-order valence-electron chi connectivity index (χ0n) is 16.8. The monoisotopic (exact) mass is 396 g/mol. The van der Waals surface area contributed by atoms with E-state index >= 15 is 0 Å². The molecule has 2 saturated heterocycles. The normalized spacial score (nSPS) is 21.0. The number of carbonyl (C=O) groups excluding carboxylic acids is 3. The molecule has 2 aliphatic rings. The van der Waals surface area contributed by atoms with Crippen LogP contribution in [-0.4, -0.2) is 53.7 Å². The number of carbonyl (C=O) groups is 3. The summed E-state index contributed by atoms with van der Waals surface area (Å²) in [6.07, 6.45) is 1.80. The molecular weight excluding hydrogens is 368 g/mol. The van der Waals surface area contributed by atoms with Crippen LogP contribution in [0.25, 0.3) is 0 Å². The van der Waals surface area contributed by atoms with Crippen molar-refractivity contribution in [3.63, 3.8) is 0 Å². The molecule has 2 atom stereocenters. The van der Waals surface area contributed by atoms with Crippen molar-refractivity contribution >= 4 is 17.7 Å². The zero-order chi connectivity index (χ0) is 20.8. The van der Waals surface area contributed by atoms with Gasteiger partial charge in [-0.1, -0.05) is 30.3 Å². The van der Waals surface area contributed by atoms with Gasteiger partial charge in [-0.2, -0.15) is 5.26 Å². The van der Waals surface area contributed by atoms with Crippen molar-refractivity contribution in [2.45, 2.75) is 38.6 Å². The fraction of sp³-hybridized carbons (Fsp3) is 0.545. The van der Waals surface area contributed by atoms with Crippen LogP contribution < -0.4 is 5.32 Å².